The molecule has 1 N–H and O–H groups in total. The van der Waals surface area contributed by atoms with Gasteiger partial charge >= 0.3 is 0 Å². The Balaban J connectivity index is 1.91. The van der Waals surface area contributed by atoms with Gasteiger partial charge < -0.3 is 9.73 Å². The molecule has 0 aliphatic heterocycles. The van der Waals surface area contributed by atoms with E-state index in [0.29, 0.717) is 24.1 Å². The largest absolute Gasteiger partial charge is 0.469 e. The molecule has 0 fully saturated rings. The number of nitrogens with one attached hydrogen (secondary N) is 1. The molecule has 4 heteroatoms. The van der Waals surface area contributed by atoms with Gasteiger partial charge in [-0.2, -0.15) is 0 Å². The summed E-state index contributed by atoms with van der Waals surface area (Å²) in [5.41, 5.74) is 1.22. The SMILES string of the molecule is CC(=O)c1cccc(NC(=O)CCc2ccco2)c1. The predicted octanol–water partition coefficient (Wildman–Crippen LogP) is 3.05. The number of amides is 1. The Bertz CT molecular complexity index is 573. The van der Waals surface area contributed by atoms with Crippen LogP contribution in [0.1, 0.15) is 29.5 Å². The van der Waals surface area contributed by atoms with Gasteiger partial charge in [-0.15, -0.1) is 0 Å². The van der Waals surface area contributed by atoms with Crippen molar-refractivity contribution in [2.24, 2.45) is 0 Å². The average molecular weight is 257 g/mol. The van der Waals surface area contributed by atoms with Crippen molar-refractivity contribution in [3.8, 4) is 0 Å². The first-order valence-electron chi connectivity index (χ1n) is 6.08. The molecule has 0 aliphatic rings. The summed E-state index contributed by atoms with van der Waals surface area (Å²) in [6.07, 6.45) is 2.49. The first kappa shape index (κ1) is 13.1. The minimum Gasteiger partial charge on any atom is -0.469 e. The van der Waals surface area contributed by atoms with Gasteiger partial charge in [-0.05, 0) is 31.2 Å². The molecule has 1 amide bonds. The molecule has 0 atom stereocenters. The van der Waals surface area contributed by atoms with Crippen LogP contribution in [0.3, 0.4) is 0 Å². The first-order chi connectivity index (χ1) is 9.15. The summed E-state index contributed by atoms with van der Waals surface area (Å²) in [7, 11) is 0. The van der Waals surface area contributed by atoms with E-state index in [1.807, 2.05) is 6.07 Å². The highest BCUT2D eigenvalue weighted by atomic mass is 16.3. The normalized spacial score (nSPS) is 10.2. The summed E-state index contributed by atoms with van der Waals surface area (Å²) >= 11 is 0. The second kappa shape index (κ2) is 6.00. The van der Waals surface area contributed by atoms with Crippen molar-refractivity contribution in [1.82, 2.24) is 0 Å². The van der Waals surface area contributed by atoms with E-state index in [4.69, 9.17) is 4.42 Å². The lowest BCUT2D eigenvalue weighted by atomic mass is 10.1. The highest BCUT2D eigenvalue weighted by Crippen LogP contribution is 2.12. The quantitative estimate of drug-likeness (QED) is 0.837. The molecule has 1 aromatic heterocycles. The van der Waals surface area contributed by atoms with E-state index in [2.05, 4.69) is 5.32 Å². The molecule has 0 radical (unpaired) electrons. The number of hydrogen-bond donors (Lipinski definition) is 1. The smallest absolute Gasteiger partial charge is 0.224 e. The molecule has 0 bridgehead atoms. The van der Waals surface area contributed by atoms with Gasteiger partial charge in [0.15, 0.2) is 5.78 Å². The van der Waals surface area contributed by atoms with Gasteiger partial charge in [-0.1, -0.05) is 12.1 Å². The summed E-state index contributed by atoms with van der Waals surface area (Å²) in [5.74, 6) is 0.663. The van der Waals surface area contributed by atoms with E-state index < -0.39 is 0 Å². The summed E-state index contributed by atoms with van der Waals surface area (Å²) < 4.78 is 5.16. The fraction of sp³-hybridized carbons (Fsp3) is 0.200. The Hall–Kier alpha value is -2.36. The van der Waals surface area contributed by atoms with E-state index in [9.17, 15) is 9.59 Å². The zero-order chi connectivity index (χ0) is 13.7. The van der Waals surface area contributed by atoms with Crippen molar-refractivity contribution in [3.05, 3.63) is 54.0 Å². The van der Waals surface area contributed by atoms with E-state index in [-0.39, 0.29) is 11.7 Å². The number of hydrogen-bond acceptors (Lipinski definition) is 3. The van der Waals surface area contributed by atoms with Gasteiger partial charge in [-0.3, -0.25) is 9.59 Å². The van der Waals surface area contributed by atoms with Crippen LogP contribution in [-0.4, -0.2) is 11.7 Å². The second-order valence-electron chi connectivity index (χ2n) is 4.26. The standard InChI is InChI=1S/C15H15NO3/c1-11(17)12-4-2-5-13(10-12)16-15(18)8-7-14-6-3-9-19-14/h2-6,9-10H,7-8H2,1H3,(H,16,18). The van der Waals surface area contributed by atoms with Crippen LogP contribution in [0.25, 0.3) is 0 Å². The minimum atomic E-state index is -0.0999. The molecule has 1 aromatic carbocycles. The molecule has 0 saturated heterocycles. The van der Waals surface area contributed by atoms with Crippen LogP contribution in [-0.2, 0) is 11.2 Å². The molecule has 0 aliphatic carbocycles. The topological polar surface area (TPSA) is 59.3 Å². The molecule has 0 spiro atoms. The number of rotatable bonds is 5. The number of carbonyl (C=O) groups is 2. The second-order valence-corrected chi connectivity index (χ2v) is 4.26. The molecule has 19 heavy (non-hydrogen) atoms. The van der Waals surface area contributed by atoms with Gasteiger partial charge in [-0.25, -0.2) is 0 Å². The molecular weight excluding hydrogens is 242 g/mol. The highest BCUT2D eigenvalue weighted by Gasteiger charge is 2.06. The third-order valence-electron chi connectivity index (χ3n) is 2.73. The van der Waals surface area contributed by atoms with Crippen LogP contribution in [0.2, 0.25) is 0 Å². The Morgan fingerprint density at radius 1 is 1.21 bits per heavy atom. The van der Waals surface area contributed by atoms with E-state index in [1.165, 1.54) is 6.92 Å². The number of ketones is 1. The van der Waals surface area contributed by atoms with Crippen molar-refractivity contribution < 1.29 is 14.0 Å². The Labute approximate surface area is 111 Å². The maximum atomic E-state index is 11.8. The van der Waals surface area contributed by atoms with Crippen molar-refractivity contribution in [2.45, 2.75) is 19.8 Å². The third kappa shape index (κ3) is 3.81. The van der Waals surface area contributed by atoms with E-state index in [0.717, 1.165) is 5.76 Å². The highest BCUT2D eigenvalue weighted by molar-refractivity contribution is 5.97. The number of anilines is 1. The van der Waals surface area contributed by atoms with Gasteiger partial charge in [0.25, 0.3) is 0 Å². The molecule has 2 aromatic rings. The number of furan rings is 1. The third-order valence-corrected chi connectivity index (χ3v) is 2.73. The molecule has 2 rings (SSSR count). The van der Waals surface area contributed by atoms with Crippen LogP contribution in [0.4, 0.5) is 5.69 Å². The van der Waals surface area contributed by atoms with Gasteiger partial charge in [0, 0.05) is 24.1 Å². The van der Waals surface area contributed by atoms with Gasteiger partial charge in [0.05, 0.1) is 6.26 Å². The molecule has 98 valence electrons. The van der Waals surface area contributed by atoms with E-state index in [1.54, 1.807) is 36.6 Å². The number of carbonyl (C=O) groups excluding carboxylic acids is 2. The molecule has 0 unspecified atom stereocenters. The Morgan fingerprint density at radius 2 is 2.05 bits per heavy atom. The zero-order valence-corrected chi connectivity index (χ0v) is 10.7. The van der Waals surface area contributed by atoms with Gasteiger partial charge in [0.2, 0.25) is 5.91 Å². The molecule has 1 heterocycles. The summed E-state index contributed by atoms with van der Waals surface area (Å²) in [5, 5.41) is 2.77. The van der Waals surface area contributed by atoms with Crippen LogP contribution >= 0.6 is 0 Å². The van der Waals surface area contributed by atoms with Gasteiger partial charge in [0.1, 0.15) is 5.76 Å². The van der Waals surface area contributed by atoms with Crippen LogP contribution in [0.15, 0.2) is 47.1 Å². The molecule has 4 nitrogen and oxygen atoms in total. The van der Waals surface area contributed by atoms with Crippen molar-refractivity contribution in [3.63, 3.8) is 0 Å². The Morgan fingerprint density at radius 3 is 2.74 bits per heavy atom. The van der Waals surface area contributed by atoms with Crippen LogP contribution < -0.4 is 5.32 Å². The van der Waals surface area contributed by atoms with Crippen molar-refractivity contribution >= 4 is 17.4 Å². The number of benzene rings is 1. The molecule has 0 saturated carbocycles. The fourth-order valence-corrected chi connectivity index (χ4v) is 1.73. The summed E-state index contributed by atoms with van der Waals surface area (Å²) in [6.45, 7) is 1.50. The lowest BCUT2D eigenvalue weighted by Crippen LogP contribution is -2.12. The van der Waals surface area contributed by atoms with Crippen LogP contribution in [0, 0.1) is 0 Å². The first-order valence-corrected chi connectivity index (χ1v) is 6.08. The fourth-order valence-electron chi connectivity index (χ4n) is 1.73. The number of aryl methyl sites for hydroxylation is 1. The number of Topliss-reactive ketones (excluding diaryl/α,β-unsaturated/α-hetero) is 1. The molecular formula is C15H15NO3. The summed E-state index contributed by atoms with van der Waals surface area (Å²) in [6, 6.07) is 10.5. The van der Waals surface area contributed by atoms with E-state index >= 15 is 0 Å². The zero-order valence-electron chi connectivity index (χ0n) is 10.7. The van der Waals surface area contributed by atoms with Crippen molar-refractivity contribution in [2.75, 3.05) is 5.32 Å². The lowest BCUT2D eigenvalue weighted by molar-refractivity contribution is -0.116. The minimum absolute atomic E-state index is 0.0216. The maximum Gasteiger partial charge on any atom is 0.224 e. The Kier molecular flexibility index (Phi) is 4.13. The maximum absolute atomic E-state index is 11.8. The van der Waals surface area contributed by atoms with Crippen LogP contribution in [0.5, 0.6) is 0 Å². The lowest BCUT2D eigenvalue weighted by Gasteiger charge is -2.05. The van der Waals surface area contributed by atoms with Crippen molar-refractivity contribution in [1.29, 1.82) is 0 Å². The average Bonchev–Trinajstić information content (AvgIpc) is 2.90. The monoisotopic (exact) mass is 257 g/mol. The predicted molar refractivity (Wildman–Crippen MR) is 72.1 cm³/mol. The summed E-state index contributed by atoms with van der Waals surface area (Å²) in [4.78, 5) is 23.0.